The summed E-state index contributed by atoms with van der Waals surface area (Å²) in [5.41, 5.74) is 1.89. The van der Waals surface area contributed by atoms with Gasteiger partial charge in [0.05, 0.1) is 6.61 Å². The highest BCUT2D eigenvalue weighted by molar-refractivity contribution is 5.40. The zero-order valence-electron chi connectivity index (χ0n) is 15.2. The van der Waals surface area contributed by atoms with Crippen LogP contribution in [0.15, 0.2) is 48.5 Å². The van der Waals surface area contributed by atoms with Crippen LogP contribution in [0.1, 0.15) is 50.7 Å². The standard InChI is InChI=1S/C22H28FNO/c1-22(2,18-6-5-7-19(23)16-18)17-9-11-21(12-10-17)25-15-13-20-8-3-4-14-24-20/h5-7,9-12,16,20,24H,3-4,8,13-15H2,1-2H3. The van der Waals surface area contributed by atoms with Gasteiger partial charge in [0.15, 0.2) is 0 Å². The number of hydrogen-bond donors (Lipinski definition) is 1. The largest absolute Gasteiger partial charge is 0.494 e. The van der Waals surface area contributed by atoms with Crippen molar-refractivity contribution < 1.29 is 9.13 Å². The van der Waals surface area contributed by atoms with Crippen molar-refractivity contribution >= 4 is 0 Å². The minimum Gasteiger partial charge on any atom is -0.494 e. The van der Waals surface area contributed by atoms with Crippen molar-refractivity contribution in [1.82, 2.24) is 5.32 Å². The van der Waals surface area contributed by atoms with Crippen molar-refractivity contribution in [2.75, 3.05) is 13.2 Å². The molecule has 0 bridgehead atoms. The summed E-state index contributed by atoms with van der Waals surface area (Å²) in [6.07, 6.45) is 4.92. The van der Waals surface area contributed by atoms with Crippen molar-refractivity contribution in [2.24, 2.45) is 0 Å². The molecule has 3 heteroatoms. The zero-order chi connectivity index (χ0) is 17.7. The van der Waals surface area contributed by atoms with Crippen molar-refractivity contribution in [3.05, 3.63) is 65.5 Å². The molecule has 0 aromatic heterocycles. The Kier molecular flexibility index (Phi) is 5.74. The first kappa shape index (κ1) is 17.9. The molecule has 0 saturated carbocycles. The quantitative estimate of drug-likeness (QED) is 0.793. The molecule has 2 nitrogen and oxygen atoms in total. The molecule has 0 spiro atoms. The third-order valence-corrected chi connectivity index (χ3v) is 5.27. The van der Waals surface area contributed by atoms with E-state index in [9.17, 15) is 4.39 Å². The Hall–Kier alpha value is -1.87. The second kappa shape index (κ2) is 8.01. The number of nitrogens with one attached hydrogen (secondary N) is 1. The maximum Gasteiger partial charge on any atom is 0.123 e. The van der Waals surface area contributed by atoms with Crippen LogP contribution < -0.4 is 10.1 Å². The van der Waals surface area contributed by atoms with E-state index in [1.54, 1.807) is 12.1 Å². The van der Waals surface area contributed by atoms with Crippen LogP contribution in [0.4, 0.5) is 4.39 Å². The molecule has 2 aromatic carbocycles. The SMILES string of the molecule is CC(C)(c1ccc(OCCC2CCCCN2)cc1)c1cccc(F)c1. The first-order valence-electron chi connectivity index (χ1n) is 9.28. The van der Waals surface area contributed by atoms with Gasteiger partial charge in [0.25, 0.3) is 0 Å². The maximum atomic E-state index is 13.5. The molecule has 0 radical (unpaired) electrons. The lowest BCUT2D eigenvalue weighted by Gasteiger charge is -2.26. The van der Waals surface area contributed by atoms with Crippen LogP contribution in [0.2, 0.25) is 0 Å². The number of ether oxygens (including phenoxy) is 1. The molecule has 2 aromatic rings. The smallest absolute Gasteiger partial charge is 0.123 e. The van der Waals surface area contributed by atoms with Crippen molar-refractivity contribution in [2.45, 2.75) is 51.0 Å². The van der Waals surface area contributed by atoms with Crippen LogP contribution in [0.5, 0.6) is 5.75 Å². The molecule has 1 aliphatic rings. The normalized spacial score (nSPS) is 18.1. The van der Waals surface area contributed by atoms with E-state index >= 15 is 0 Å². The summed E-state index contributed by atoms with van der Waals surface area (Å²) in [6.45, 7) is 6.11. The molecule has 1 N–H and O–H groups in total. The van der Waals surface area contributed by atoms with E-state index in [1.807, 2.05) is 18.2 Å². The minimum absolute atomic E-state index is 0.193. The Bertz CT molecular complexity index is 675. The van der Waals surface area contributed by atoms with Gasteiger partial charge in [-0.2, -0.15) is 0 Å². The Morgan fingerprint density at radius 1 is 1.08 bits per heavy atom. The number of benzene rings is 2. The summed E-state index contributed by atoms with van der Waals surface area (Å²) in [4.78, 5) is 0. The Morgan fingerprint density at radius 3 is 2.56 bits per heavy atom. The van der Waals surface area contributed by atoms with Gasteiger partial charge in [-0.05, 0) is 61.2 Å². The predicted octanol–water partition coefficient (Wildman–Crippen LogP) is 5.06. The highest BCUT2D eigenvalue weighted by Crippen LogP contribution is 2.32. The molecular weight excluding hydrogens is 313 g/mol. The fourth-order valence-electron chi connectivity index (χ4n) is 3.50. The highest BCUT2D eigenvalue weighted by Gasteiger charge is 2.23. The molecular formula is C22H28FNO. The molecule has 1 heterocycles. The van der Waals surface area contributed by atoms with Gasteiger partial charge in [-0.3, -0.25) is 0 Å². The monoisotopic (exact) mass is 341 g/mol. The number of hydrogen-bond acceptors (Lipinski definition) is 2. The molecule has 1 unspecified atom stereocenters. The molecule has 1 aliphatic heterocycles. The lowest BCUT2D eigenvalue weighted by molar-refractivity contribution is 0.268. The molecule has 1 saturated heterocycles. The Labute approximate surface area is 150 Å². The van der Waals surface area contributed by atoms with E-state index < -0.39 is 0 Å². The van der Waals surface area contributed by atoms with Gasteiger partial charge in [0.2, 0.25) is 0 Å². The van der Waals surface area contributed by atoms with Crippen molar-refractivity contribution in [3.8, 4) is 5.75 Å². The topological polar surface area (TPSA) is 21.3 Å². The maximum absolute atomic E-state index is 13.5. The molecule has 134 valence electrons. The fourth-order valence-corrected chi connectivity index (χ4v) is 3.50. The third kappa shape index (κ3) is 4.60. The summed E-state index contributed by atoms with van der Waals surface area (Å²) in [5.74, 6) is 0.705. The van der Waals surface area contributed by atoms with Crippen LogP contribution in [0, 0.1) is 5.82 Å². The van der Waals surface area contributed by atoms with Gasteiger partial charge in [-0.1, -0.05) is 44.5 Å². The van der Waals surface area contributed by atoms with Crippen LogP contribution in [0.25, 0.3) is 0 Å². The predicted molar refractivity (Wildman–Crippen MR) is 101 cm³/mol. The van der Waals surface area contributed by atoms with Crippen molar-refractivity contribution in [3.63, 3.8) is 0 Å². The average Bonchev–Trinajstić information content (AvgIpc) is 2.63. The van der Waals surface area contributed by atoms with Gasteiger partial charge in [0, 0.05) is 11.5 Å². The van der Waals surface area contributed by atoms with E-state index in [2.05, 4.69) is 31.3 Å². The van der Waals surface area contributed by atoms with Crippen LogP contribution in [0.3, 0.4) is 0 Å². The Balaban J connectivity index is 1.59. The molecule has 0 amide bonds. The van der Waals surface area contributed by atoms with Crippen LogP contribution >= 0.6 is 0 Å². The second-order valence-electron chi connectivity index (χ2n) is 7.44. The van der Waals surface area contributed by atoms with E-state index in [1.165, 1.54) is 25.3 Å². The third-order valence-electron chi connectivity index (χ3n) is 5.27. The highest BCUT2D eigenvalue weighted by atomic mass is 19.1. The summed E-state index contributed by atoms with van der Waals surface area (Å²) < 4.78 is 19.4. The second-order valence-corrected chi connectivity index (χ2v) is 7.44. The first-order chi connectivity index (χ1) is 12.1. The summed E-state index contributed by atoms with van der Waals surface area (Å²) in [5, 5.41) is 3.55. The van der Waals surface area contributed by atoms with Gasteiger partial charge >= 0.3 is 0 Å². The summed E-state index contributed by atoms with van der Waals surface area (Å²) >= 11 is 0. The molecule has 0 aliphatic carbocycles. The molecule has 3 rings (SSSR count). The average molecular weight is 341 g/mol. The van der Waals surface area contributed by atoms with Gasteiger partial charge in [-0.15, -0.1) is 0 Å². The number of rotatable bonds is 6. The molecule has 1 fully saturated rings. The molecule has 1 atom stereocenters. The molecule has 25 heavy (non-hydrogen) atoms. The summed E-state index contributed by atoms with van der Waals surface area (Å²) in [6, 6.07) is 15.6. The van der Waals surface area contributed by atoms with Crippen LogP contribution in [-0.2, 0) is 5.41 Å². The van der Waals surface area contributed by atoms with E-state index in [4.69, 9.17) is 4.74 Å². The van der Waals surface area contributed by atoms with E-state index in [0.717, 1.165) is 36.4 Å². The zero-order valence-corrected chi connectivity index (χ0v) is 15.2. The van der Waals surface area contributed by atoms with E-state index in [-0.39, 0.29) is 11.2 Å². The van der Waals surface area contributed by atoms with E-state index in [0.29, 0.717) is 6.04 Å². The van der Waals surface area contributed by atoms with Crippen molar-refractivity contribution in [1.29, 1.82) is 0 Å². The Morgan fingerprint density at radius 2 is 1.88 bits per heavy atom. The van der Waals surface area contributed by atoms with Gasteiger partial charge in [0.1, 0.15) is 11.6 Å². The number of piperidine rings is 1. The van der Waals surface area contributed by atoms with Crippen LogP contribution in [-0.4, -0.2) is 19.2 Å². The number of halogens is 1. The lowest BCUT2D eigenvalue weighted by Crippen LogP contribution is -2.35. The van der Waals surface area contributed by atoms with Gasteiger partial charge in [-0.25, -0.2) is 4.39 Å². The summed E-state index contributed by atoms with van der Waals surface area (Å²) in [7, 11) is 0. The lowest BCUT2D eigenvalue weighted by atomic mass is 9.78. The minimum atomic E-state index is -0.243. The fraction of sp³-hybridized carbons (Fsp3) is 0.455. The van der Waals surface area contributed by atoms with Gasteiger partial charge < -0.3 is 10.1 Å². The first-order valence-corrected chi connectivity index (χ1v) is 9.28.